The number of nitrogens with two attached hydrogens (primary N) is 4. The van der Waals surface area contributed by atoms with Crippen molar-refractivity contribution in [3.8, 4) is 0 Å². The van der Waals surface area contributed by atoms with Crippen LogP contribution in [0.4, 0.5) is 0 Å². The Morgan fingerprint density at radius 2 is 1.38 bits per heavy atom. The molecule has 14 heteroatoms. The van der Waals surface area contributed by atoms with Crippen LogP contribution in [0.3, 0.4) is 0 Å². The van der Waals surface area contributed by atoms with Crippen molar-refractivity contribution < 1.29 is 29.1 Å². The zero-order chi connectivity index (χ0) is 29.5. The molecule has 0 saturated carbocycles. The van der Waals surface area contributed by atoms with E-state index in [4.69, 9.17) is 22.9 Å². The first-order chi connectivity index (χ1) is 18.3. The van der Waals surface area contributed by atoms with Crippen molar-refractivity contribution in [1.29, 1.82) is 0 Å². The van der Waals surface area contributed by atoms with Crippen molar-refractivity contribution in [2.45, 2.75) is 70.1 Å². The Hall–Kier alpha value is -4.20. The fourth-order valence-electron chi connectivity index (χ4n) is 3.49. The second-order valence-corrected chi connectivity index (χ2v) is 9.44. The largest absolute Gasteiger partial charge is 0.480 e. The molecule has 0 spiro atoms. The Labute approximate surface area is 227 Å². The fourth-order valence-corrected chi connectivity index (χ4v) is 3.49. The van der Waals surface area contributed by atoms with E-state index in [1.54, 1.807) is 44.2 Å². The van der Waals surface area contributed by atoms with Crippen LogP contribution in [0.25, 0.3) is 0 Å². The molecule has 0 aliphatic heterocycles. The van der Waals surface area contributed by atoms with Crippen LogP contribution in [-0.2, 0) is 30.4 Å². The number of carbonyl (C=O) groups is 5. The van der Waals surface area contributed by atoms with E-state index in [2.05, 4.69) is 20.9 Å². The van der Waals surface area contributed by atoms with Gasteiger partial charge in [0.25, 0.3) is 0 Å². The standard InChI is InChI=1S/C25H40N8O6/c1-14(2)20(27)23(37)32-17(10-11-19(26)34)22(36)31-16(9-6-12-30-25(28)29)21(35)33-18(24(38)39)13-15-7-4-3-5-8-15/h3-5,7-8,14,16-18,20H,6,9-13,27H2,1-2H3,(H2,26,34)(H,31,36)(H,32,37)(H,33,35)(H,38,39)(H4,28,29,30). The van der Waals surface area contributed by atoms with Gasteiger partial charge in [0.2, 0.25) is 23.6 Å². The molecule has 4 amide bonds. The molecule has 1 aromatic carbocycles. The van der Waals surface area contributed by atoms with E-state index in [1.807, 2.05) is 0 Å². The van der Waals surface area contributed by atoms with Gasteiger partial charge < -0.3 is 44.0 Å². The van der Waals surface area contributed by atoms with Crippen LogP contribution in [0.2, 0.25) is 0 Å². The third kappa shape index (κ3) is 12.7. The fraction of sp³-hybridized carbons (Fsp3) is 0.520. The van der Waals surface area contributed by atoms with Crippen molar-refractivity contribution in [2.75, 3.05) is 6.54 Å². The third-order valence-electron chi connectivity index (χ3n) is 5.81. The summed E-state index contributed by atoms with van der Waals surface area (Å²) in [5.41, 5.74) is 22.5. The minimum Gasteiger partial charge on any atom is -0.480 e. The number of benzene rings is 1. The molecule has 39 heavy (non-hydrogen) atoms. The maximum absolute atomic E-state index is 13.2. The molecule has 12 N–H and O–H groups in total. The van der Waals surface area contributed by atoms with E-state index >= 15 is 0 Å². The second kappa shape index (κ2) is 16.6. The van der Waals surface area contributed by atoms with E-state index in [0.29, 0.717) is 5.56 Å². The van der Waals surface area contributed by atoms with Gasteiger partial charge in [0.15, 0.2) is 5.96 Å². The number of carbonyl (C=O) groups excluding carboxylic acids is 4. The first kappa shape index (κ1) is 32.8. The number of nitrogens with one attached hydrogen (secondary N) is 3. The molecule has 0 aromatic heterocycles. The molecule has 0 aliphatic carbocycles. The van der Waals surface area contributed by atoms with E-state index in [1.165, 1.54) is 0 Å². The molecule has 4 atom stereocenters. The number of aliphatic carboxylic acids is 1. The van der Waals surface area contributed by atoms with Crippen LogP contribution < -0.4 is 38.9 Å². The monoisotopic (exact) mass is 548 g/mol. The Bertz CT molecular complexity index is 1010. The molecule has 0 aliphatic rings. The number of carboxylic acid groups (broad SMARTS) is 1. The number of nitrogens with zero attached hydrogens (tertiary/aromatic N) is 1. The lowest BCUT2D eigenvalue weighted by molar-refractivity contribution is -0.142. The topological polar surface area (TPSA) is 258 Å². The second-order valence-electron chi connectivity index (χ2n) is 9.44. The number of hydrogen-bond acceptors (Lipinski definition) is 7. The molecule has 0 heterocycles. The van der Waals surface area contributed by atoms with E-state index in [9.17, 15) is 29.1 Å². The highest BCUT2D eigenvalue weighted by Gasteiger charge is 2.31. The summed E-state index contributed by atoms with van der Waals surface area (Å²) in [5.74, 6) is -4.45. The molecule has 1 aromatic rings. The summed E-state index contributed by atoms with van der Waals surface area (Å²) in [6.07, 6.45) is -0.0150. The quantitative estimate of drug-likeness (QED) is 0.0611. The van der Waals surface area contributed by atoms with Crippen molar-refractivity contribution in [2.24, 2.45) is 33.8 Å². The summed E-state index contributed by atoms with van der Waals surface area (Å²) in [6.45, 7) is 3.61. The highest BCUT2D eigenvalue weighted by atomic mass is 16.4. The van der Waals surface area contributed by atoms with Crippen LogP contribution in [-0.4, -0.2) is 71.4 Å². The highest BCUT2D eigenvalue weighted by molar-refractivity contribution is 5.94. The summed E-state index contributed by atoms with van der Waals surface area (Å²) in [6, 6.07) is 4.12. The predicted octanol–water partition coefficient (Wildman–Crippen LogP) is -1.93. The van der Waals surface area contributed by atoms with Crippen molar-refractivity contribution in [3.63, 3.8) is 0 Å². The molecule has 0 bridgehead atoms. The molecule has 0 fully saturated rings. The lowest BCUT2D eigenvalue weighted by atomic mass is 10.0. The van der Waals surface area contributed by atoms with Gasteiger partial charge in [-0.1, -0.05) is 44.2 Å². The minimum absolute atomic E-state index is 0.0148. The van der Waals surface area contributed by atoms with Gasteiger partial charge in [-0.05, 0) is 30.7 Å². The van der Waals surface area contributed by atoms with Crippen molar-refractivity contribution >= 4 is 35.6 Å². The van der Waals surface area contributed by atoms with E-state index < -0.39 is 53.8 Å². The van der Waals surface area contributed by atoms with Gasteiger partial charge >= 0.3 is 5.97 Å². The van der Waals surface area contributed by atoms with Crippen LogP contribution in [0.1, 0.15) is 45.1 Å². The van der Waals surface area contributed by atoms with Gasteiger partial charge in [-0.15, -0.1) is 0 Å². The van der Waals surface area contributed by atoms with Gasteiger partial charge in [0, 0.05) is 19.4 Å². The first-order valence-electron chi connectivity index (χ1n) is 12.6. The zero-order valence-electron chi connectivity index (χ0n) is 22.3. The van der Waals surface area contributed by atoms with Crippen LogP contribution in [0, 0.1) is 5.92 Å². The number of hydrogen-bond donors (Lipinski definition) is 8. The minimum atomic E-state index is -1.27. The summed E-state index contributed by atoms with van der Waals surface area (Å²) >= 11 is 0. The van der Waals surface area contributed by atoms with Gasteiger partial charge in [0.1, 0.15) is 18.1 Å². The lowest BCUT2D eigenvalue weighted by Crippen LogP contribution is -2.57. The molecular weight excluding hydrogens is 508 g/mol. The highest BCUT2D eigenvalue weighted by Crippen LogP contribution is 2.08. The molecule has 0 saturated heterocycles. The van der Waals surface area contributed by atoms with Gasteiger partial charge in [0.05, 0.1) is 6.04 Å². The van der Waals surface area contributed by atoms with Crippen LogP contribution in [0.5, 0.6) is 0 Å². The number of guanidine groups is 1. The summed E-state index contributed by atoms with van der Waals surface area (Å²) < 4.78 is 0. The number of aliphatic imine (C=N–C) groups is 1. The SMILES string of the molecule is CC(C)C(N)C(=O)NC(CCC(N)=O)C(=O)NC(CCCN=C(N)N)C(=O)NC(Cc1ccccc1)C(=O)O. The van der Waals surface area contributed by atoms with Crippen LogP contribution in [0.15, 0.2) is 35.3 Å². The number of primary amides is 1. The number of amides is 4. The summed E-state index contributed by atoms with van der Waals surface area (Å²) in [5, 5.41) is 17.2. The molecule has 1 rings (SSSR count). The van der Waals surface area contributed by atoms with E-state index in [0.717, 1.165) is 0 Å². The maximum atomic E-state index is 13.2. The van der Waals surface area contributed by atoms with Crippen molar-refractivity contribution in [3.05, 3.63) is 35.9 Å². The lowest BCUT2D eigenvalue weighted by Gasteiger charge is -2.25. The predicted molar refractivity (Wildman–Crippen MR) is 145 cm³/mol. The zero-order valence-corrected chi connectivity index (χ0v) is 22.3. The summed E-state index contributed by atoms with van der Waals surface area (Å²) in [7, 11) is 0. The third-order valence-corrected chi connectivity index (χ3v) is 5.81. The van der Waals surface area contributed by atoms with Crippen molar-refractivity contribution in [1.82, 2.24) is 16.0 Å². The maximum Gasteiger partial charge on any atom is 0.326 e. The van der Waals surface area contributed by atoms with Gasteiger partial charge in [-0.2, -0.15) is 0 Å². The Morgan fingerprint density at radius 1 is 0.846 bits per heavy atom. The Balaban J connectivity index is 3.10. The molecule has 216 valence electrons. The van der Waals surface area contributed by atoms with Crippen LogP contribution >= 0.6 is 0 Å². The molecule has 0 radical (unpaired) electrons. The average molecular weight is 549 g/mol. The Morgan fingerprint density at radius 3 is 1.90 bits per heavy atom. The molecule has 14 nitrogen and oxygen atoms in total. The molecular formula is C25H40N8O6. The Kier molecular flexibility index (Phi) is 14.0. The summed E-state index contributed by atoms with van der Waals surface area (Å²) in [4.78, 5) is 65.9. The first-order valence-corrected chi connectivity index (χ1v) is 12.6. The van der Waals surface area contributed by atoms with Gasteiger partial charge in [-0.25, -0.2) is 4.79 Å². The number of rotatable bonds is 17. The normalized spacial score (nSPS) is 13.8. The average Bonchev–Trinajstić information content (AvgIpc) is 2.87. The number of carboxylic acids is 1. The van der Waals surface area contributed by atoms with E-state index in [-0.39, 0.29) is 50.5 Å². The van der Waals surface area contributed by atoms with Gasteiger partial charge in [-0.3, -0.25) is 24.2 Å². The smallest absolute Gasteiger partial charge is 0.326 e. The molecule has 4 unspecified atom stereocenters.